The number of carbonyl (C=O) groups excluding carboxylic acids is 2. The summed E-state index contributed by atoms with van der Waals surface area (Å²) in [6.07, 6.45) is 7.09. The lowest BCUT2D eigenvalue weighted by Crippen LogP contribution is -2.42. The molecule has 0 N–H and O–H groups in total. The molecule has 184 valence electrons. The molecule has 0 atom stereocenters. The van der Waals surface area contributed by atoms with Crippen molar-refractivity contribution in [3.63, 3.8) is 0 Å². The van der Waals surface area contributed by atoms with Crippen molar-refractivity contribution in [3.05, 3.63) is 54.4 Å². The highest BCUT2D eigenvalue weighted by molar-refractivity contribution is 5.98. The summed E-state index contributed by atoms with van der Waals surface area (Å²) in [6.45, 7) is 6.65. The number of likely N-dealkylation sites (tertiary alicyclic amines) is 2. The summed E-state index contributed by atoms with van der Waals surface area (Å²) in [5, 5.41) is 1.01. The lowest BCUT2D eigenvalue weighted by molar-refractivity contribution is 0.0516. The Morgan fingerprint density at radius 2 is 1.74 bits per heavy atom. The fourth-order valence-electron chi connectivity index (χ4n) is 4.79. The number of nitrogens with zero attached hydrogens (tertiary/aromatic N) is 4. The molecule has 0 radical (unpaired) electrons. The van der Waals surface area contributed by atoms with E-state index >= 15 is 0 Å². The Balaban J connectivity index is 1.22. The van der Waals surface area contributed by atoms with Crippen LogP contribution in [0.25, 0.3) is 16.7 Å². The zero-order valence-corrected chi connectivity index (χ0v) is 20.4. The highest BCUT2D eigenvalue weighted by Gasteiger charge is 2.25. The fraction of sp³-hybridized carbons (Fsp3) is 0.444. The number of pyridine rings is 1. The van der Waals surface area contributed by atoms with Crippen LogP contribution in [-0.2, 0) is 4.74 Å². The number of piperidine rings is 1. The van der Waals surface area contributed by atoms with Crippen molar-refractivity contribution in [2.45, 2.75) is 51.7 Å². The van der Waals surface area contributed by atoms with Gasteiger partial charge in [-0.1, -0.05) is 0 Å². The molecule has 0 unspecified atom stereocenters. The van der Waals surface area contributed by atoms with Crippen LogP contribution in [0.5, 0.6) is 5.75 Å². The van der Waals surface area contributed by atoms with Crippen LogP contribution in [-0.4, -0.2) is 69.7 Å². The molecule has 8 heteroatoms. The first-order valence-electron chi connectivity index (χ1n) is 12.5. The number of carbonyl (C=O) groups is 2. The van der Waals surface area contributed by atoms with E-state index in [4.69, 9.17) is 9.47 Å². The summed E-state index contributed by atoms with van der Waals surface area (Å²) in [5.41, 5.74) is 1.74. The predicted molar refractivity (Wildman–Crippen MR) is 133 cm³/mol. The van der Waals surface area contributed by atoms with E-state index in [9.17, 15) is 9.59 Å². The minimum absolute atomic E-state index is 0.0460. The minimum Gasteiger partial charge on any atom is -0.489 e. The van der Waals surface area contributed by atoms with Crippen molar-refractivity contribution in [1.82, 2.24) is 19.4 Å². The van der Waals surface area contributed by atoms with Crippen molar-refractivity contribution < 1.29 is 19.1 Å². The summed E-state index contributed by atoms with van der Waals surface area (Å²) >= 11 is 0. The van der Waals surface area contributed by atoms with E-state index in [0.29, 0.717) is 18.8 Å². The minimum atomic E-state index is -0.254. The summed E-state index contributed by atoms with van der Waals surface area (Å²) in [5.74, 6) is 1.61. The molecule has 3 aromatic rings. The normalized spacial score (nSPS) is 16.8. The van der Waals surface area contributed by atoms with Gasteiger partial charge in [-0.3, -0.25) is 4.79 Å². The molecule has 2 aliphatic rings. The van der Waals surface area contributed by atoms with E-state index in [0.717, 1.165) is 61.1 Å². The topological polar surface area (TPSA) is 76.9 Å². The lowest BCUT2D eigenvalue weighted by atomic mass is 10.1. The average molecular weight is 477 g/mol. The highest BCUT2D eigenvalue weighted by atomic mass is 16.6. The number of hydrogen-bond donors (Lipinski definition) is 0. The molecule has 8 nitrogen and oxygen atoms in total. The molecule has 2 fully saturated rings. The second-order valence-corrected chi connectivity index (χ2v) is 9.55. The predicted octanol–water partition coefficient (Wildman–Crippen LogP) is 4.65. The number of benzene rings is 1. The summed E-state index contributed by atoms with van der Waals surface area (Å²) in [6, 6.07) is 11.7. The maximum atomic E-state index is 12.7. The standard InChI is InChI=1S/C27H32N4O4/c1-19(2)34-27(33)30-14-10-22(11-15-30)35-23-6-8-25(28-18-23)31-16-9-20-17-21(5-7-24(20)31)26(32)29-12-3-4-13-29/h5-9,16-19,22H,3-4,10-15H2,1-2H3. The van der Waals surface area contributed by atoms with Gasteiger partial charge in [0, 0.05) is 56.2 Å². The van der Waals surface area contributed by atoms with Gasteiger partial charge in [-0.2, -0.15) is 0 Å². The van der Waals surface area contributed by atoms with E-state index in [1.54, 1.807) is 11.1 Å². The monoisotopic (exact) mass is 476 g/mol. The molecule has 2 aliphatic heterocycles. The third-order valence-corrected chi connectivity index (χ3v) is 6.64. The van der Waals surface area contributed by atoms with Crippen LogP contribution in [0.4, 0.5) is 4.79 Å². The molecule has 2 aromatic heterocycles. The number of aromatic nitrogens is 2. The quantitative estimate of drug-likeness (QED) is 0.536. The van der Waals surface area contributed by atoms with Crippen LogP contribution in [0.1, 0.15) is 49.9 Å². The third kappa shape index (κ3) is 5.11. The van der Waals surface area contributed by atoms with Gasteiger partial charge in [-0.15, -0.1) is 0 Å². The van der Waals surface area contributed by atoms with E-state index in [1.165, 1.54) is 0 Å². The third-order valence-electron chi connectivity index (χ3n) is 6.64. The van der Waals surface area contributed by atoms with Crippen LogP contribution in [0, 0.1) is 0 Å². The second kappa shape index (κ2) is 9.98. The van der Waals surface area contributed by atoms with Gasteiger partial charge in [0.25, 0.3) is 5.91 Å². The lowest BCUT2D eigenvalue weighted by Gasteiger charge is -2.31. The zero-order chi connectivity index (χ0) is 24.4. The van der Waals surface area contributed by atoms with Gasteiger partial charge in [0.15, 0.2) is 0 Å². The Kier molecular flexibility index (Phi) is 6.61. The number of hydrogen-bond acceptors (Lipinski definition) is 5. The first kappa shape index (κ1) is 23.2. The first-order valence-corrected chi connectivity index (χ1v) is 12.5. The Bertz CT molecular complexity index is 1190. The molecule has 0 spiro atoms. The van der Waals surface area contributed by atoms with Crippen LogP contribution in [0.15, 0.2) is 48.8 Å². The molecule has 2 saturated heterocycles. The molecule has 0 bridgehead atoms. The molecule has 0 aliphatic carbocycles. The van der Waals surface area contributed by atoms with E-state index < -0.39 is 0 Å². The van der Waals surface area contributed by atoms with Crippen LogP contribution in [0.3, 0.4) is 0 Å². The average Bonchev–Trinajstić information content (AvgIpc) is 3.54. The molecular weight excluding hydrogens is 444 g/mol. The fourth-order valence-corrected chi connectivity index (χ4v) is 4.79. The summed E-state index contributed by atoms with van der Waals surface area (Å²) < 4.78 is 13.4. The Morgan fingerprint density at radius 3 is 2.43 bits per heavy atom. The number of fused-ring (bicyclic) bond motifs is 1. The van der Waals surface area contributed by atoms with Gasteiger partial charge < -0.3 is 23.8 Å². The van der Waals surface area contributed by atoms with Crippen molar-refractivity contribution in [3.8, 4) is 11.6 Å². The van der Waals surface area contributed by atoms with Crippen LogP contribution >= 0.6 is 0 Å². The van der Waals surface area contributed by atoms with Crippen molar-refractivity contribution in [1.29, 1.82) is 0 Å². The van der Waals surface area contributed by atoms with E-state index in [2.05, 4.69) is 4.98 Å². The van der Waals surface area contributed by atoms with Gasteiger partial charge in [0.2, 0.25) is 0 Å². The number of rotatable bonds is 5. The number of amides is 2. The molecule has 35 heavy (non-hydrogen) atoms. The van der Waals surface area contributed by atoms with Crippen molar-refractivity contribution >= 4 is 22.9 Å². The zero-order valence-electron chi connectivity index (χ0n) is 20.4. The molecule has 1 aromatic carbocycles. The molecular formula is C27H32N4O4. The van der Waals surface area contributed by atoms with Crippen LogP contribution < -0.4 is 4.74 Å². The van der Waals surface area contributed by atoms with Crippen molar-refractivity contribution in [2.24, 2.45) is 0 Å². The van der Waals surface area contributed by atoms with Gasteiger partial charge in [0.1, 0.15) is 17.7 Å². The molecule has 5 rings (SSSR count). The highest BCUT2D eigenvalue weighted by Crippen LogP contribution is 2.24. The van der Waals surface area contributed by atoms with E-state index in [-0.39, 0.29) is 24.2 Å². The number of ether oxygens (including phenoxy) is 2. The second-order valence-electron chi connectivity index (χ2n) is 9.55. The molecule has 0 saturated carbocycles. The Morgan fingerprint density at radius 1 is 0.971 bits per heavy atom. The Labute approximate surface area is 205 Å². The van der Waals surface area contributed by atoms with Crippen molar-refractivity contribution in [2.75, 3.05) is 26.2 Å². The van der Waals surface area contributed by atoms with Gasteiger partial charge in [-0.05, 0) is 63.1 Å². The molecule has 2 amide bonds. The smallest absolute Gasteiger partial charge is 0.410 e. The summed E-state index contributed by atoms with van der Waals surface area (Å²) in [7, 11) is 0. The van der Waals surface area contributed by atoms with Crippen LogP contribution in [0.2, 0.25) is 0 Å². The van der Waals surface area contributed by atoms with Gasteiger partial charge >= 0.3 is 6.09 Å². The van der Waals surface area contributed by atoms with E-state index in [1.807, 2.05) is 65.9 Å². The first-order chi connectivity index (χ1) is 17.0. The molecule has 4 heterocycles. The largest absolute Gasteiger partial charge is 0.489 e. The van der Waals surface area contributed by atoms with Gasteiger partial charge in [-0.25, -0.2) is 9.78 Å². The summed E-state index contributed by atoms with van der Waals surface area (Å²) in [4.78, 5) is 33.1. The maximum absolute atomic E-state index is 12.7. The Hall–Kier alpha value is -3.55. The SMILES string of the molecule is CC(C)OC(=O)N1CCC(Oc2ccc(-n3ccc4cc(C(=O)N5CCCC5)ccc43)nc2)CC1. The van der Waals surface area contributed by atoms with Gasteiger partial charge in [0.05, 0.1) is 17.8 Å². The maximum Gasteiger partial charge on any atom is 0.410 e.